The minimum Gasteiger partial charge on any atom is -0.398 e. The normalized spacial score (nSPS) is 12.7. The first-order valence-electron chi connectivity index (χ1n) is 5.54. The third kappa shape index (κ3) is 4.35. The first-order chi connectivity index (χ1) is 8.11. The fourth-order valence-electron chi connectivity index (χ4n) is 1.35. The second-order valence-corrected chi connectivity index (χ2v) is 5.18. The van der Waals surface area contributed by atoms with Crippen LogP contribution >= 0.6 is 7.60 Å². The van der Waals surface area contributed by atoms with Crippen molar-refractivity contribution in [2.24, 2.45) is 5.73 Å². The zero-order valence-corrected chi connectivity index (χ0v) is 11.0. The van der Waals surface area contributed by atoms with Crippen molar-refractivity contribution in [3.8, 4) is 0 Å². The van der Waals surface area contributed by atoms with Crippen molar-refractivity contribution >= 4 is 13.3 Å². The molecule has 17 heavy (non-hydrogen) atoms. The SMILES string of the molecule is CCOP(=O)(/C=C(/N)c1ccccc1)OCC. The van der Waals surface area contributed by atoms with Gasteiger partial charge < -0.3 is 14.8 Å². The fourth-order valence-corrected chi connectivity index (χ4v) is 2.78. The largest absolute Gasteiger partial charge is 0.398 e. The van der Waals surface area contributed by atoms with Gasteiger partial charge in [-0.2, -0.15) is 0 Å². The summed E-state index contributed by atoms with van der Waals surface area (Å²) >= 11 is 0. The zero-order valence-electron chi connectivity index (χ0n) is 10.1. The van der Waals surface area contributed by atoms with Crippen LogP contribution in [0.3, 0.4) is 0 Å². The second kappa shape index (κ2) is 6.60. The van der Waals surface area contributed by atoms with E-state index in [4.69, 9.17) is 14.8 Å². The highest BCUT2D eigenvalue weighted by Crippen LogP contribution is 2.50. The van der Waals surface area contributed by atoms with E-state index in [9.17, 15) is 4.57 Å². The van der Waals surface area contributed by atoms with E-state index in [1.54, 1.807) is 13.8 Å². The monoisotopic (exact) mass is 255 g/mol. The molecule has 0 bridgehead atoms. The number of hydrogen-bond donors (Lipinski definition) is 1. The smallest absolute Gasteiger partial charge is 0.356 e. The molecule has 94 valence electrons. The van der Waals surface area contributed by atoms with Crippen LogP contribution in [0.1, 0.15) is 19.4 Å². The molecule has 0 unspecified atom stereocenters. The minimum absolute atomic E-state index is 0.315. The summed E-state index contributed by atoms with van der Waals surface area (Å²) in [6.45, 7) is 4.15. The van der Waals surface area contributed by atoms with Crippen LogP contribution in [0.5, 0.6) is 0 Å². The summed E-state index contributed by atoms with van der Waals surface area (Å²) in [6.07, 6.45) is 0. The van der Waals surface area contributed by atoms with Gasteiger partial charge in [-0.1, -0.05) is 30.3 Å². The quantitative estimate of drug-likeness (QED) is 0.793. The van der Waals surface area contributed by atoms with Gasteiger partial charge in [-0.25, -0.2) is 0 Å². The van der Waals surface area contributed by atoms with E-state index in [-0.39, 0.29) is 0 Å². The average molecular weight is 255 g/mol. The van der Waals surface area contributed by atoms with Crippen molar-refractivity contribution < 1.29 is 13.6 Å². The molecule has 0 radical (unpaired) electrons. The molecule has 5 heteroatoms. The molecule has 0 aliphatic rings. The van der Waals surface area contributed by atoms with Crippen molar-refractivity contribution in [2.45, 2.75) is 13.8 Å². The van der Waals surface area contributed by atoms with Crippen molar-refractivity contribution in [2.75, 3.05) is 13.2 Å². The molecule has 1 rings (SSSR count). The molecule has 0 spiro atoms. The lowest BCUT2D eigenvalue weighted by molar-refractivity contribution is 0.229. The molecule has 1 aromatic rings. The molecular weight excluding hydrogens is 237 g/mol. The van der Waals surface area contributed by atoms with Gasteiger partial charge in [-0.3, -0.25) is 4.57 Å². The van der Waals surface area contributed by atoms with Crippen LogP contribution in [0, 0.1) is 0 Å². The van der Waals surface area contributed by atoms with Crippen LogP contribution in [0.4, 0.5) is 0 Å². The lowest BCUT2D eigenvalue weighted by atomic mass is 10.2. The first kappa shape index (κ1) is 14.0. The van der Waals surface area contributed by atoms with Crippen molar-refractivity contribution in [1.82, 2.24) is 0 Å². The standard InChI is InChI=1S/C12H18NO3P/c1-3-15-17(14,16-4-2)10-12(13)11-8-6-5-7-9-11/h5-10H,3-4,13H2,1-2H3/b12-10+. The highest BCUT2D eigenvalue weighted by atomic mass is 31.2. The van der Waals surface area contributed by atoms with Gasteiger partial charge in [0.15, 0.2) is 0 Å². The number of rotatable bonds is 6. The number of nitrogens with two attached hydrogens (primary N) is 1. The van der Waals surface area contributed by atoms with E-state index >= 15 is 0 Å². The van der Waals surface area contributed by atoms with E-state index in [1.165, 1.54) is 5.82 Å². The summed E-state index contributed by atoms with van der Waals surface area (Å²) in [6, 6.07) is 9.30. The average Bonchev–Trinajstić information content (AvgIpc) is 2.30. The zero-order chi connectivity index (χ0) is 12.7. The Bertz CT molecular complexity index is 407. The topological polar surface area (TPSA) is 61.5 Å². The Morgan fingerprint density at radius 1 is 1.24 bits per heavy atom. The first-order valence-corrected chi connectivity index (χ1v) is 7.15. The van der Waals surface area contributed by atoms with E-state index < -0.39 is 7.60 Å². The Labute approximate surface area is 102 Å². The maximum absolute atomic E-state index is 12.2. The predicted octanol–water partition coefficient (Wildman–Crippen LogP) is 3.21. The summed E-state index contributed by atoms with van der Waals surface area (Å²) in [4.78, 5) is 0. The van der Waals surface area contributed by atoms with E-state index in [0.717, 1.165) is 5.56 Å². The van der Waals surface area contributed by atoms with Gasteiger partial charge in [0.1, 0.15) is 0 Å². The molecule has 1 aromatic carbocycles. The van der Waals surface area contributed by atoms with Crippen molar-refractivity contribution in [3.63, 3.8) is 0 Å². The lowest BCUT2D eigenvalue weighted by Gasteiger charge is -2.14. The van der Waals surface area contributed by atoms with Crippen molar-refractivity contribution in [1.29, 1.82) is 0 Å². The van der Waals surface area contributed by atoms with Crippen LogP contribution in [-0.4, -0.2) is 13.2 Å². The van der Waals surface area contributed by atoms with Crippen LogP contribution in [0.15, 0.2) is 36.1 Å². The molecule has 0 aromatic heterocycles. The molecule has 0 aliphatic carbocycles. The van der Waals surface area contributed by atoms with Gasteiger partial charge in [0.2, 0.25) is 0 Å². The summed E-state index contributed by atoms with van der Waals surface area (Å²) < 4.78 is 22.5. The minimum atomic E-state index is -3.23. The Morgan fingerprint density at radius 3 is 2.24 bits per heavy atom. The van der Waals surface area contributed by atoms with Gasteiger partial charge in [0.25, 0.3) is 0 Å². The van der Waals surface area contributed by atoms with Gasteiger partial charge in [-0.05, 0) is 19.4 Å². The van der Waals surface area contributed by atoms with E-state index in [1.807, 2.05) is 30.3 Å². The van der Waals surface area contributed by atoms with Gasteiger partial charge in [0.05, 0.1) is 19.0 Å². The molecule has 0 saturated heterocycles. The van der Waals surface area contributed by atoms with Crippen LogP contribution in [-0.2, 0) is 13.6 Å². The van der Waals surface area contributed by atoms with Crippen LogP contribution < -0.4 is 5.73 Å². The van der Waals surface area contributed by atoms with E-state index in [2.05, 4.69) is 0 Å². The maximum atomic E-state index is 12.2. The van der Waals surface area contributed by atoms with Gasteiger partial charge in [-0.15, -0.1) is 0 Å². The predicted molar refractivity (Wildman–Crippen MR) is 69.5 cm³/mol. The van der Waals surface area contributed by atoms with Crippen LogP contribution in [0.2, 0.25) is 0 Å². The summed E-state index contributed by atoms with van der Waals surface area (Å²) in [5.74, 6) is 1.37. The maximum Gasteiger partial charge on any atom is 0.356 e. The van der Waals surface area contributed by atoms with Crippen LogP contribution in [0.25, 0.3) is 5.70 Å². The van der Waals surface area contributed by atoms with Crippen molar-refractivity contribution in [3.05, 3.63) is 41.7 Å². The second-order valence-electron chi connectivity index (χ2n) is 3.33. The molecule has 0 atom stereocenters. The molecule has 2 N–H and O–H groups in total. The third-order valence-electron chi connectivity index (χ3n) is 2.02. The van der Waals surface area contributed by atoms with Gasteiger partial charge >= 0.3 is 7.60 Å². The molecule has 0 aliphatic heterocycles. The number of benzene rings is 1. The Morgan fingerprint density at radius 2 is 1.76 bits per heavy atom. The molecule has 4 nitrogen and oxygen atoms in total. The molecule has 0 heterocycles. The molecular formula is C12H18NO3P. The highest BCUT2D eigenvalue weighted by molar-refractivity contribution is 7.57. The number of hydrogen-bond acceptors (Lipinski definition) is 4. The third-order valence-corrected chi connectivity index (χ3v) is 3.85. The molecule has 0 saturated carbocycles. The fraction of sp³-hybridized carbons (Fsp3) is 0.333. The summed E-state index contributed by atoms with van der Waals surface area (Å²) in [5, 5.41) is 0. The summed E-state index contributed by atoms with van der Waals surface area (Å²) in [5.41, 5.74) is 7.07. The lowest BCUT2D eigenvalue weighted by Crippen LogP contribution is -1.99. The molecule has 0 amide bonds. The Balaban J connectivity index is 2.95. The molecule has 0 fully saturated rings. The van der Waals surface area contributed by atoms with E-state index in [0.29, 0.717) is 18.9 Å². The summed E-state index contributed by atoms with van der Waals surface area (Å²) in [7, 11) is -3.23. The van der Waals surface area contributed by atoms with Gasteiger partial charge in [0, 0.05) is 5.70 Å². The Kier molecular flexibility index (Phi) is 5.42. The highest BCUT2D eigenvalue weighted by Gasteiger charge is 2.20. The Hall–Kier alpha value is -1.09.